The Morgan fingerprint density at radius 1 is 1.28 bits per heavy atom. The summed E-state index contributed by atoms with van der Waals surface area (Å²) in [6.07, 6.45) is 2.15. The van der Waals surface area contributed by atoms with Gasteiger partial charge in [0.2, 0.25) is 11.8 Å². The van der Waals surface area contributed by atoms with Crippen molar-refractivity contribution in [2.45, 2.75) is 50.4 Å². The fraction of sp³-hybridized carbons (Fsp3) is 0.562. The maximum absolute atomic E-state index is 12.5. The lowest BCUT2D eigenvalue weighted by Gasteiger charge is -2.24. The van der Waals surface area contributed by atoms with Crippen LogP contribution in [0.3, 0.4) is 0 Å². The number of nitrogens with zero attached hydrogens (tertiary/aromatic N) is 2. The van der Waals surface area contributed by atoms with Crippen molar-refractivity contribution in [2.75, 3.05) is 6.54 Å². The first-order chi connectivity index (χ1) is 13.6. The number of nitrogens with one attached hydrogen (secondary N) is 3. The van der Waals surface area contributed by atoms with Crippen molar-refractivity contribution in [3.05, 3.63) is 18.2 Å². The van der Waals surface area contributed by atoms with Gasteiger partial charge < -0.3 is 43.0 Å². The topological polar surface area (TPSA) is 235 Å². The molecular formula is C16H28N8O5. The van der Waals surface area contributed by atoms with Gasteiger partial charge in [0.25, 0.3) is 0 Å². The third-order valence-corrected chi connectivity index (χ3v) is 3.96. The molecule has 13 nitrogen and oxygen atoms in total. The summed E-state index contributed by atoms with van der Waals surface area (Å²) in [5, 5.41) is 23.8. The zero-order valence-corrected chi connectivity index (χ0v) is 16.0. The molecule has 2 amide bonds. The molecule has 0 aromatic carbocycles. The van der Waals surface area contributed by atoms with Gasteiger partial charge in [-0.25, -0.2) is 9.78 Å². The molecule has 0 aliphatic heterocycles. The molecule has 0 spiro atoms. The number of carbonyl (C=O) groups excluding carboxylic acids is 2. The highest BCUT2D eigenvalue weighted by molar-refractivity contribution is 5.92. The van der Waals surface area contributed by atoms with Gasteiger partial charge in [-0.05, 0) is 19.8 Å². The van der Waals surface area contributed by atoms with E-state index in [1.807, 2.05) is 0 Å². The number of aliphatic imine (C=N–C) groups is 1. The van der Waals surface area contributed by atoms with E-state index in [2.05, 4.69) is 25.6 Å². The van der Waals surface area contributed by atoms with E-state index in [0.717, 1.165) is 0 Å². The Morgan fingerprint density at radius 2 is 1.97 bits per heavy atom. The Balaban J connectivity index is 2.67. The minimum atomic E-state index is -1.38. The number of carboxylic acid groups (broad SMARTS) is 1. The van der Waals surface area contributed by atoms with Crippen molar-refractivity contribution in [2.24, 2.45) is 22.2 Å². The van der Waals surface area contributed by atoms with Crippen LogP contribution in [0.4, 0.5) is 0 Å². The minimum absolute atomic E-state index is 0.0497. The number of imidazole rings is 1. The number of nitrogens with two attached hydrogens (primary N) is 3. The number of aliphatic hydroxyl groups is 1. The molecule has 1 aromatic heterocycles. The molecule has 1 aromatic rings. The number of aliphatic carboxylic acids is 1. The summed E-state index contributed by atoms with van der Waals surface area (Å²) in [4.78, 5) is 46.4. The maximum atomic E-state index is 12.5. The van der Waals surface area contributed by atoms with E-state index in [0.29, 0.717) is 12.1 Å². The molecule has 13 heteroatoms. The summed E-state index contributed by atoms with van der Waals surface area (Å²) in [7, 11) is 0. The summed E-state index contributed by atoms with van der Waals surface area (Å²) in [5.41, 5.74) is 16.7. The van der Waals surface area contributed by atoms with Gasteiger partial charge in [-0.1, -0.05) is 0 Å². The van der Waals surface area contributed by atoms with Crippen LogP contribution in [0.5, 0.6) is 0 Å². The van der Waals surface area contributed by atoms with Crippen LogP contribution < -0.4 is 27.8 Å². The summed E-state index contributed by atoms with van der Waals surface area (Å²) < 4.78 is 0. The third kappa shape index (κ3) is 8.57. The summed E-state index contributed by atoms with van der Waals surface area (Å²) in [6, 6.07) is -3.62. The molecule has 0 radical (unpaired) electrons. The van der Waals surface area contributed by atoms with Crippen LogP contribution in [0.25, 0.3) is 0 Å². The molecule has 0 unspecified atom stereocenters. The highest BCUT2D eigenvalue weighted by atomic mass is 16.4. The van der Waals surface area contributed by atoms with Gasteiger partial charge in [0.15, 0.2) is 5.96 Å². The van der Waals surface area contributed by atoms with E-state index < -0.39 is 42.0 Å². The largest absolute Gasteiger partial charge is 0.480 e. The van der Waals surface area contributed by atoms with E-state index in [-0.39, 0.29) is 25.3 Å². The second-order valence-electron chi connectivity index (χ2n) is 6.46. The number of rotatable bonds is 12. The zero-order valence-electron chi connectivity index (χ0n) is 16.0. The molecule has 4 atom stereocenters. The molecule has 0 saturated carbocycles. The van der Waals surface area contributed by atoms with Crippen LogP contribution in [0.2, 0.25) is 0 Å². The first-order valence-corrected chi connectivity index (χ1v) is 8.91. The van der Waals surface area contributed by atoms with Gasteiger partial charge in [-0.2, -0.15) is 0 Å². The van der Waals surface area contributed by atoms with E-state index in [4.69, 9.17) is 17.2 Å². The molecule has 0 fully saturated rings. The van der Waals surface area contributed by atoms with Gasteiger partial charge in [0.1, 0.15) is 12.1 Å². The molecule has 11 N–H and O–H groups in total. The van der Waals surface area contributed by atoms with Gasteiger partial charge in [-0.15, -0.1) is 0 Å². The van der Waals surface area contributed by atoms with Crippen molar-refractivity contribution in [1.82, 2.24) is 20.6 Å². The Morgan fingerprint density at radius 3 is 2.48 bits per heavy atom. The number of aliphatic hydroxyl groups excluding tert-OH is 1. The minimum Gasteiger partial charge on any atom is -0.480 e. The van der Waals surface area contributed by atoms with Crippen molar-refractivity contribution in [3.63, 3.8) is 0 Å². The number of carboxylic acids is 1. The van der Waals surface area contributed by atoms with E-state index in [9.17, 15) is 24.6 Å². The van der Waals surface area contributed by atoms with Crippen LogP contribution in [-0.2, 0) is 20.8 Å². The Labute approximate surface area is 167 Å². The quantitative estimate of drug-likeness (QED) is 0.0976. The summed E-state index contributed by atoms with van der Waals surface area (Å²) in [5.74, 6) is -2.87. The lowest BCUT2D eigenvalue weighted by Crippen LogP contribution is -2.58. The molecule has 1 heterocycles. The SMILES string of the molecule is C[C@@H](O)[C@H](NC(=O)[C@@H](N)CCCN=C(N)N)C(=O)N[C@@H](Cc1cnc[nH]1)C(=O)O. The van der Waals surface area contributed by atoms with Crippen molar-refractivity contribution < 1.29 is 24.6 Å². The summed E-state index contributed by atoms with van der Waals surface area (Å²) >= 11 is 0. The average Bonchev–Trinajstić information content (AvgIpc) is 3.14. The molecule has 1 rings (SSSR count). The molecule has 29 heavy (non-hydrogen) atoms. The van der Waals surface area contributed by atoms with Crippen LogP contribution >= 0.6 is 0 Å². The van der Waals surface area contributed by atoms with Crippen LogP contribution in [0.1, 0.15) is 25.5 Å². The first-order valence-electron chi connectivity index (χ1n) is 8.91. The molecule has 0 bridgehead atoms. The Hall–Kier alpha value is -3.19. The fourth-order valence-electron chi connectivity index (χ4n) is 2.39. The van der Waals surface area contributed by atoms with Crippen molar-refractivity contribution in [3.8, 4) is 0 Å². The normalized spacial score (nSPS) is 14.9. The Kier molecular flexibility index (Phi) is 9.55. The van der Waals surface area contributed by atoms with Crippen molar-refractivity contribution in [1.29, 1.82) is 0 Å². The van der Waals surface area contributed by atoms with Gasteiger partial charge in [0, 0.05) is 24.9 Å². The molecule has 0 aliphatic rings. The zero-order chi connectivity index (χ0) is 22.0. The average molecular weight is 412 g/mol. The lowest BCUT2D eigenvalue weighted by atomic mass is 10.1. The van der Waals surface area contributed by atoms with E-state index >= 15 is 0 Å². The second kappa shape index (κ2) is 11.6. The van der Waals surface area contributed by atoms with Crippen LogP contribution in [0.15, 0.2) is 17.5 Å². The Bertz CT molecular complexity index is 702. The van der Waals surface area contributed by atoms with Crippen molar-refractivity contribution >= 4 is 23.7 Å². The van der Waals surface area contributed by atoms with E-state index in [1.165, 1.54) is 19.4 Å². The van der Waals surface area contributed by atoms with Gasteiger partial charge in [-0.3, -0.25) is 14.6 Å². The maximum Gasteiger partial charge on any atom is 0.326 e. The molecular weight excluding hydrogens is 384 g/mol. The fourth-order valence-corrected chi connectivity index (χ4v) is 2.39. The van der Waals surface area contributed by atoms with Crippen LogP contribution in [0, 0.1) is 0 Å². The molecule has 0 saturated heterocycles. The first kappa shape index (κ1) is 23.8. The highest BCUT2D eigenvalue weighted by Gasteiger charge is 2.31. The number of H-pyrrole nitrogens is 1. The predicted molar refractivity (Wildman–Crippen MR) is 103 cm³/mol. The van der Waals surface area contributed by atoms with E-state index in [1.54, 1.807) is 0 Å². The number of aromatic nitrogens is 2. The molecule has 162 valence electrons. The molecule has 0 aliphatic carbocycles. The predicted octanol–water partition coefficient (Wildman–Crippen LogP) is -3.23. The van der Waals surface area contributed by atoms with Gasteiger partial charge >= 0.3 is 5.97 Å². The summed E-state index contributed by atoms with van der Waals surface area (Å²) in [6.45, 7) is 1.58. The number of guanidine groups is 1. The number of hydrogen-bond acceptors (Lipinski definition) is 7. The number of amides is 2. The second-order valence-corrected chi connectivity index (χ2v) is 6.46. The lowest BCUT2D eigenvalue weighted by molar-refractivity contribution is -0.142. The number of hydrogen-bond donors (Lipinski definition) is 8. The third-order valence-electron chi connectivity index (χ3n) is 3.96. The van der Waals surface area contributed by atoms with Gasteiger partial charge in [0.05, 0.1) is 18.5 Å². The monoisotopic (exact) mass is 412 g/mol. The highest BCUT2D eigenvalue weighted by Crippen LogP contribution is 2.03. The van der Waals surface area contributed by atoms with Crippen LogP contribution in [-0.4, -0.2) is 74.7 Å². The smallest absolute Gasteiger partial charge is 0.326 e. The number of carbonyl (C=O) groups is 3. The standard InChI is InChI=1S/C16H28N8O5/c1-8(25)12(24-13(26)10(17)3-2-4-21-16(18)19)14(27)23-11(15(28)29)5-9-6-20-7-22-9/h6-8,10-12,25H,2-5,17H2,1H3,(H,20,22)(H,23,27)(H,24,26)(H,28,29)(H4,18,19,21)/t8-,10+,11+,12+/m1/s1. The number of aromatic amines is 1.